The standard InChI is InChI=1S/C6H9ClN4O/c1-4(6(12)10-8)11-3-5(7)2-9-11/h2-4H,8H2,1H3,(H,10,12)/t4-/m0/s1. The number of hydrazine groups is 1. The normalized spacial score (nSPS) is 12.6. The molecule has 1 aromatic rings. The first-order valence-electron chi connectivity index (χ1n) is 3.35. The van der Waals surface area contributed by atoms with Gasteiger partial charge in [0.1, 0.15) is 6.04 Å². The molecule has 0 aliphatic heterocycles. The van der Waals surface area contributed by atoms with E-state index in [9.17, 15) is 4.79 Å². The third kappa shape index (κ3) is 1.75. The first-order chi connectivity index (χ1) is 5.65. The van der Waals surface area contributed by atoms with Gasteiger partial charge in [0.2, 0.25) is 0 Å². The highest BCUT2D eigenvalue weighted by Gasteiger charge is 2.13. The number of nitrogens with one attached hydrogen (secondary N) is 1. The molecule has 66 valence electrons. The summed E-state index contributed by atoms with van der Waals surface area (Å²) in [5.41, 5.74) is 2.03. The zero-order chi connectivity index (χ0) is 9.14. The summed E-state index contributed by atoms with van der Waals surface area (Å²) >= 11 is 5.61. The average Bonchev–Trinajstić information content (AvgIpc) is 2.49. The van der Waals surface area contributed by atoms with E-state index in [1.54, 1.807) is 13.1 Å². The third-order valence-electron chi connectivity index (χ3n) is 1.49. The molecule has 3 N–H and O–H groups in total. The number of hydrogen-bond acceptors (Lipinski definition) is 3. The zero-order valence-corrected chi connectivity index (χ0v) is 7.25. The molecule has 0 saturated carbocycles. The summed E-state index contributed by atoms with van der Waals surface area (Å²) in [6.07, 6.45) is 3.02. The van der Waals surface area contributed by atoms with E-state index in [0.717, 1.165) is 0 Å². The van der Waals surface area contributed by atoms with Gasteiger partial charge in [-0.3, -0.25) is 14.9 Å². The van der Waals surface area contributed by atoms with Crippen LogP contribution in [0.25, 0.3) is 0 Å². The Morgan fingerprint density at radius 2 is 2.58 bits per heavy atom. The van der Waals surface area contributed by atoms with Gasteiger partial charge >= 0.3 is 0 Å². The van der Waals surface area contributed by atoms with Gasteiger partial charge in [0.15, 0.2) is 0 Å². The minimum atomic E-state index is -0.442. The van der Waals surface area contributed by atoms with Crippen molar-refractivity contribution in [1.82, 2.24) is 15.2 Å². The van der Waals surface area contributed by atoms with Crippen LogP contribution >= 0.6 is 11.6 Å². The van der Waals surface area contributed by atoms with Gasteiger partial charge in [-0.25, -0.2) is 5.84 Å². The maximum Gasteiger partial charge on any atom is 0.258 e. The Kier molecular flexibility index (Phi) is 2.67. The quantitative estimate of drug-likeness (QED) is 0.393. The molecule has 1 rings (SSSR count). The summed E-state index contributed by atoms with van der Waals surface area (Å²) in [4.78, 5) is 11.0. The highest BCUT2D eigenvalue weighted by molar-refractivity contribution is 6.30. The molecule has 0 aliphatic rings. The van der Waals surface area contributed by atoms with Crippen molar-refractivity contribution in [1.29, 1.82) is 0 Å². The molecule has 5 nitrogen and oxygen atoms in total. The Bertz CT molecular complexity index is 285. The second-order valence-corrected chi connectivity index (χ2v) is 2.76. The minimum absolute atomic E-state index is 0.310. The molecule has 0 fully saturated rings. The van der Waals surface area contributed by atoms with Crippen molar-refractivity contribution < 1.29 is 4.79 Å². The molecule has 0 aromatic carbocycles. The second kappa shape index (κ2) is 3.55. The Labute approximate surface area is 74.5 Å². The van der Waals surface area contributed by atoms with E-state index in [0.29, 0.717) is 5.02 Å². The number of nitrogens with zero attached hydrogens (tertiary/aromatic N) is 2. The van der Waals surface area contributed by atoms with Gasteiger partial charge in [0.25, 0.3) is 5.91 Å². The molecule has 0 saturated heterocycles. The largest absolute Gasteiger partial charge is 0.292 e. The van der Waals surface area contributed by atoms with Gasteiger partial charge < -0.3 is 0 Å². The van der Waals surface area contributed by atoms with Crippen LogP contribution in [-0.4, -0.2) is 15.7 Å². The summed E-state index contributed by atoms with van der Waals surface area (Å²) in [7, 11) is 0. The van der Waals surface area contributed by atoms with Crippen LogP contribution in [0, 0.1) is 0 Å². The van der Waals surface area contributed by atoms with E-state index in [1.807, 2.05) is 5.43 Å². The minimum Gasteiger partial charge on any atom is -0.292 e. The number of nitrogens with two attached hydrogens (primary N) is 1. The first kappa shape index (κ1) is 9.02. The summed E-state index contributed by atoms with van der Waals surface area (Å²) in [6.45, 7) is 1.67. The van der Waals surface area contributed by atoms with Crippen molar-refractivity contribution in [2.45, 2.75) is 13.0 Å². The molecule has 1 atom stereocenters. The maximum absolute atomic E-state index is 11.0. The first-order valence-corrected chi connectivity index (χ1v) is 3.73. The summed E-state index contributed by atoms with van der Waals surface area (Å²) in [5, 5.41) is 4.35. The Balaban J connectivity index is 2.77. The van der Waals surface area contributed by atoms with Gasteiger partial charge in [-0.1, -0.05) is 11.6 Å². The second-order valence-electron chi connectivity index (χ2n) is 2.32. The monoisotopic (exact) mass is 188 g/mol. The molecule has 0 spiro atoms. The molecule has 1 heterocycles. The highest BCUT2D eigenvalue weighted by atomic mass is 35.5. The molecule has 1 aromatic heterocycles. The van der Waals surface area contributed by atoms with E-state index in [1.165, 1.54) is 10.9 Å². The van der Waals surface area contributed by atoms with Gasteiger partial charge in [0.05, 0.1) is 11.2 Å². The molecule has 0 radical (unpaired) electrons. The summed E-state index contributed by atoms with van der Waals surface area (Å²) in [6, 6.07) is -0.442. The van der Waals surface area contributed by atoms with Crippen LogP contribution in [0.3, 0.4) is 0 Å². The summed E-state index contributed by atoms with van der Waals surface area (Å²) < 4.78 is 1.44. The molecule has 6 heteroatoms. The van der Waals surface area contributed by atoms with Crippen LogP contribution in [0.5, 0.6) is 0 Å². The van der Waals surface area contributed by atoms with Crippen molar-refractivity contribution >= 4 is 17.5 Å². The number of hydrogen-bond donors (Lipinski definition) is 2. The molecule has 0 unspecified atom stereocenters. The van der Waals surface area contributed by atoms with E-state index in [2.05, 4.69) is 5.10 Å². The SMILES string of the molecule is C[C@@H](C(=O)NN)n1cc(Cl)cn1. The van der Waals surface area contributed by atoms with E-state index >= 15 is 0 Å². The zero-order valence-electron chi connectivity index (χ0n) is 6.49. The molecular formula is C6H9ClN4O. The van der Waals surface area contributed by atoms with Crippen molar-refractivity contribution in [3.63, 3.8) is 0 Å². The van der Waals surface area contributed by atoms with Crippen LogP contribution in [0.2, 0.25) is 5.02 Å². The van der Waals surface area contributed by atoms with Crippen molar-refractivity contribution in [3.05, 3.63) is 17.4 Å². The van der Waals surface area contributed by atoms with E-state index in [-0.39, 0.29) is 5.91 Å². The lowest BCUT2D eigenvalue weighted by Gasteiger charge is -2.08. The fraction of sp³-hybridized carbons (Fsp3) is 0.333. The fourth-order valence-corrected chi connectivity index (χ4v) is 0.911. The Morgan fingerprint density at radius 1 is 1.92 bits per heavy atom. The number of halogens is 1. The van der Waals surface area contributed by atoms with Crippen molar-refractivity contribution in [3.8, 4) is 0 Å². The van der Waals surface area contributed by atoms with E-state index < -0.39 is 6.04 Å². The predicted octanol–water partition coefficient (Wildman–Crippen LogP) is 0.0874. The number of aromatic nitrogens is 2. The van der Waals surface area contributed by atoms with Crippen molar-refractivity contribution in [2.24, 2.45) is 5.84 Å². The van der Waals surface area contributed by atoms with Gasteiger partial charge in [-0.05, 0) is 6.92 Å². The van der Waals surface area contributed by atoms with Crippen molar-refractivity contribution in [2.75, 3.05) is 0 Å². The molecule has 0 bridgehead atoms. The maximum atomic E-state index is 11.0. The number of amides is 1. The molecular weight excluding hydrogens is 180 g/mol. The molecule has 1 amide bonds. The predicted molar refractivity (Wildman–Crippen MR) is 44.3 cm³/mol. The number of carbonyl (C=O) groups excluding carboxylic acids is 1. The van der Waals surface area contributed by atoms with Crippen LogP contribution in [0.1, 0.15) is 13.0 Å². The molecule has 0 aliphatic carbocycles. The van der Waals surface area contributed by atoms with Crippen LogP contribution < -0.4 is 11.3 Å². The van der Waals surface area contributed by atoms with Gasteiger partial charge in [-0.2, -0.15) is 5.10 Å². The number of rotatable bonds is 2. The third-order valence-corrected chi connectivity index (χ3v) is 1.68. The highest BCUT2D eigenvalue weighted by Crippen LogP contribution is 2.10. The molecule has 12 heavy (non-hydrogen) atoms. The lowest BCUT2D eigenvalue weighted by molar-refractivity contribution is -0.124. The lowest BCUT2D eigenvalue weighted by atomic mass is 10.3. The van der Waals surface area contributed by atoms with Crippen LogP contribution in [-0.2, 0) is 4.79 Å². The smallest absolute Gasteiger partial charge is 0.258 e. The fourth-order valence-electron chi connectivity index (χ4n) is 0.767. The Morgan fingerprint density at radius 3 is 3.00 bits per heavy atom. The Hall–Kier alpha value is -1.07. The van der Waals surface area contributed by atoms with Crippen LogP contribution in [0.4, 0.5) is 0 Å². The topological polar surface area (TPSA) is 72.9 Å². The summed E-state index contributed by atoms with van der Waals surface area (Å²) in [5.74, 6) is 4.63. The van der Waals surface area contributed by atoms with Gasteiger partial charge in [-0.15, -0.1) is 0 Å². The lowest BCUT2D eigenvalue weighted by Crippen LogP contribution is -2.36. The van der Waals surface area contributed by atoms with Crippen LogP contribution in [0.15, 0.2) is 12.4 Å². The average molecular weight is 189 g/mol. The van der Waals surface area contributed by atoms with Gasteiger partial charge in [0, 0.05) is 6.20 Å². The van der Waals surface area contributed by atoms with E-state index in [4.69, 9.17) is 17.4 Å². The number of carbonyl (C=O) groups is 1.